The summed E-state index contributed by atoms with van der Waals surface area (Å²) in [6, 6.07) is 5.40. The van der Waals surface area contributed by atoms with Crippen molar-refractivity contribution in [3.63, 3.8) is 0 Å². The zero-order chi connectivity index (χ0) is 19.2. The van der Waals surface area contributed by atoms with Gasteiger partial charge in [-0.3, -0.25) is 4.79 Å². The lowest BCUT2D eigenvalue weighted by Gasteiger charge is -2.14. The molecule has 1 N–H and O–H groups in total. The Bertz CT molecular complexity index is 818. The first-order valence-corrected chi connectivity index (χ1v) is 9.73. The maximum atomic E-state index is 12.3. The van der Waals surface area contributed by atoms with Gasteiger partial charge in [-0.15, -0.1) is 16.8 Å². The lowest BCUT2D eigenvalue weighted by atomic mass is 10.1. The third-order valence-corrected chi connectivity index (χ3v) is 4.97. The van der Waals surface area contributed by atoms with Gasteiger partial charge >= 0.3 is 0 Å². The topological polar surface area (TPSA) is 69.0 Å². The maximum Gasteiger partial charge on any atom is 0.253 e. The van der Waals surface area contributed by atoms with Crippen LogP contribution in [0.15, 0.2) is 30.9 Å². The van der Waals surface area contributed by atoms with Crippen molar-refractivity contribution in [2.75, 3.05) is 11.9 Å². The molecule has 0 spiro atoms. The molecule has 7 heteroatoms. The highest BCUT2D eigenvalue weighted by atomic mass is 35.5. The van der Waals surface area contributed by atoms with Gasteiger partial charge in [0.1, 0.15) is 11.9 Å². The molecule has 1 unspecified atom stereocenters. The Kier molecular flexibility index (Phi) is 6.63. The molecule has 0 aliphatic carbocycles. The second-order valence-electron chi connectivity index (χ2n) is 6.68. The van der Waals surface area contributed by atoms with Gasteiger partial charge in [-0.05, 0) is 44.4 Å². The van der Waals surface area contributed by atoms with Crippen LogP contribution < -0.4 is 5.32 Å². The third kappa shape index (κ3) is 4.76. The number of aromatic nitrogens is 3. The summed E-state index contributed by atoms with van der Waals surface area (Å²) in [5.74, 6) is 1.55. The fraction of sp³-hybridized carbons (Fsp3) is 0.450. The molecule has 0 fully saturated rings. The number of amides is 1. The number of nitrogens with one attached hydrogen (secondary N) is 1. The minimum atomic E-state index is -0.548. The average Bonchev–Trinajstić information content (AvgIpc) is 2.91. The SMILES string of the molecule is C=CCCOC(C)C(=O)Nc1ccc(Cl)c(-c2nnc3n2CCCCC3)c1. The van der Waals surface area contributed by atoms with Crippen LogP contribution in [0.5, 0.6) is 0 Å². The quantitative estimate of drug-likeness (QED) is 0.568. The van der Waals surface area contributed by atoms with Gasteiger partial charge < -0.3 is 14.6 Å². The van der Waals surface area contributed by atoms with E-state index in [1.165, 1.54) is 6.42 Å². The van der Waals surface area contributed by atoms with Crippen LogP contribution in [0.2, 0.25) is 5.02 Å². The van der Waals surface area contributed by atoms with E-state index in [2.05, 4.69) is 26.7 Å². The molecular weight excluding hydrogens is 364 g/mol. The second kappa shape index (κ2) is 9.15. The number of fused-ring (bicyclic) bond motifs is 1. The minimum Gasteiger partial charge on any atom is -0.368 e. The number of hydrogen-bond donors (Lipinski definition) is 1. The number of carbonyl (C=O) groups excluding carboxylic acids is 1. The normalized spacial score (nSPS) is 14.9. The molecule has 0 bridgehead atoms. The number of benzene rings is 1. The van der Waals surface area contributed by atoms with Crippen molar-refractivity contribution in [2.24, 2.45) is 0 Å². The molecule has 1 atom stereocenters. The summed E-state index contributed by atoms with van der Waals surface area (Å²) >= 11 is 6.43. The van der Waals surface area contributed by atoms with Crippen LogP contribution in [0, 0.1) is 0 Å². The van der Waals surface area contributed by atoms with Gasteiger partial charge in [0.25, 0.3) is 5.91 Å². The number of nitrogens with zero attached hydrogens (tertiary/aromatic N) is 3. The van der Waals surface area contributed by atoms with Crippen molar-refractivity contribution >= 4 is 23.2 Å². The molecule has 1 aliphatic heterocycles. The molecule has 1 aliphatic rings. The predicted molar refractivity (Wildman–Crippen MR) is 107 cm³/mol. The zero-order valence-electron chi connectivity index (χ0n) is 15.6. The molecule has 2 aromatic rings. The van der Waals surface area contributed by atoms with Crippen molar-refractivity contribution < 1.29 is 9.53 Å². The van der Waals surface area contributed by atoms with Crippen LogP contribution in [-0.4, -0.2) is 33.4 Å². The van der Waals surface area contributed by atoms with Gasteiger partial charge in [0.05, 0.1) is 11.6 Å². The molecule has 0 saturated heterocycles. The Morgan fingerprint density at radius 3 is 3.07 bits per heavy atom. The number of hydrogen-bond acceptors (Lipinski definition) is 4. The number of carbonyl (C=O) groups is 1. The fourth-order valence-electron chi connectivity index (χ4n) is 3.11. The molecule has 1 amide bonds. The number of anilines is 1. The summed E-state index contributed by atoms with van der Waals surface area (Å²) in [4.78, 5) is 12.3. The highest BCUT2D eigenvalue weighted by Crippen LogP contribution is 2.31. The highest BCUT2D eigenvalue weighted by molar-refractivity contribution is 6.33. The van der Waals surface area contributed by atoms with Crippen molar-refractivity contribution in [1.82, 2.24) is 14.8 Å². The number of rotatable bonds is 7. The predicted octanol–water partition coefficient (Wildman–Crippen LogP) is 4.24. The van der Waals surface area contributed by atoms with E-state index in [4.69, 9.17) is 16.3 Å². The Labute approximate surface area is 164 Å². The second-order valence-corrected chi connectivity index (χ2v) is 7.08. The molecule has 3 rings (SSSR count). The molecule has 1 aromatic heterocycles. The van der Waals surface area contributed by atoms with Gasteiger partial charge in [0.2, 0.25) is 0 Å². The van der Waals surface area contributed by atoms with E-state index < -0.39 is 6.10 Å². The number of halogens is 1. The van der Waals surface area contributed by atoms with Crippen molar-refractivity contribution in [3.8, 4) is 11.4 Å². The van der Waals surface area contributed by atoms with Gasteiger partial charge in [-0.25, -0.2) is 0 Å². The molecule has 27 heavy (non-hydrogen) atoms. The number of aryl methyl sites for hydroxylation is 1. The molecular formula is C20H25ClN4O2. The highest BCUT2D eigenvalue weighted by Gasteiger charge is 2.19. The lowest BCUT2D eigenvalue weighted by molar-refractivity contribution is -0.126. The van der Waals surface area contributed by atoms with Gasteiger partial charge in [0.15, 0.2) is 5.82 Å². The smallest absolute Gasteiger partial charge is 0.253 e. The lowest BCUT2D eigenvalue weighted by Crippen LogP contribution is -2.28. The third-order valence-electron chi connectivity index (χ3n) is 4.64. The van der Waals surface area contributed by atoms with Crippen LogP contribution in [0.4, 0.5) is 5.69 Å². The summed E-state index contributed by atoms with van der Waals surface area (Å²) in [6.07, 6.45) is 6.28. The first-order valence-electron chi connectivity index (χ1n) is 9.35. The minimum absolute atomic E-state index is 0.201. The van der Waals surface area contributed by atoms with Crippen LogP contribution in [-0.2, 0) is 22.5 Å². The Morgan fingerprint density at radius 2 is 2.26 bits per heavy atom. The number of ether oxygens (including phenoxy) is 1. The van der Waals surface area contributed by atoms with Crippen LogP contribution >= 0.6 is 11.6 Å². The van der Waals surface area contributed by atoms with Gasteiger partial charge in [0, 0.05) is 24.2 Å². The fourth-order valence-corrected chi connectivity index (χ4v) is 3.31. The summed E-state index contributed by atoms with van der Waals surface area (Å²) in [7, 11) is 0. The first-order chi connectivity index (χ1) is 13.1. The van der Waals surface area contributed by atoms with E-state index in [0.717, 1.165) is 43.0 Å². The van der Waals surface area contributed by atoms with E-state index in [1.807, 2.05) is 6.07 Å². The summed E-state index contributed by atoms with van der Waals surface area (Å²) < 4.78 is 7.63. The van der Waals surface area contributed by atoms with E-state index >= 15 is 0 Å². The maximum absolute atomic E-state index is 12.3. The first kappa shape index (κ1) is 19.6. The van der Waals surface area contributed by atoms with Gasteiger partial charge in [-0.2, -0.15) is 0 Å². The standard InChI is InChI=1S/C20H25ClN4O2/c1-3-4-12-27-14(2)20(26)22-15-9-10-17(21)16(13-15)19-24-23-18-8-6-5-7-11-25(18)19/h3,9-10,13-14H,1,4-8,11-12H2,2H3,(H,22,26). The molecule has 6 nitrogen and oxygen atoms in total. The van der Waals surface area contributed by atoms with Crippen LogP contribution in [0.1, 0.15) is 38.4 Å². The Balaban J connectivity index is 1.78. The van der Waals surface area contributed by atoms with Crippen LogP contribution in [0.25, 0.3) is 11.4 Å². The van der Waals surface area contributed by atoms with Crippen molar-refractivity contribution in [2.45, 2.75) is 51.7 Å². The van der Waals surface area contributed by atoms with E-state index in [1.54, 1.807) is 25.1 Å². The van der Waals surface area contributed by atoms with Crippen molar-refractivity contribution in [1.29, 1.82) is 0 Å². The summed E-state index contributed by atoms with van der Waals surface area (Å²) in [6.45, 7) is 6.73. The molecule has 144 valence electrons. The largest absolute Gasteiger partial charge is 0.368 e. The van der Waals surface area contributed by atoms with Crippen molar-refractivity contribution in [3.05, 3.63) is 41.7 Å². The van der Waals surface area contributed by atoms with E-state index in [-0.39, 0.29) is 5.91 Å². The molecule has 0 saturated carbocycles. The molecule has 1 aromatic carbocycles. The summed E-state index contributed by atoms with van der Waals surface area (Å²) in [5, 5.41) is 12.2. The molecule has 2 heterocycles. The molecule has 0 radical (unpaired) electrons. The average molecular weight is 389 g/mol. The Morgan fingerprint density at radius 1 is 1.41 bits per heavy atom. The van der Waals surface area contributed by atoms with Gasteiger partial charge in [-0.1, -0.05) is 24.1 Å². The monoisotopic (exact) mass is 388 g/mol. The van der Waals surface area contributed by atoms with E-state index in [0.29, 0.717) is 23.7 Å². The van der Waals surface area contributed by atoms with E-state index in [9.17, 15) is 4.79 Å². The Hall–Kier alpha value is -2.18. The zero-order valence-corrected chi connectivity index (χ0v) is 16.3. The summed E-state index contributed by atoms with van der Waals surface area (Å²) in [5.41, 5.74) is 1.43. The van der Waals surface area contributed by atoms with Crippen LogP contribution in [0.3, 0.4) is 0 Å².